The number of ether oxygens (including phenoxy) is 1. The molecule has 1 saturated heterocycles. The number of rotatable bonds is 2. The van der Waals surface area contributed by atoms with E-state index in [4.69, 9.17) is 4.74 Å². The summed E-state index contributed by atoms with van der Waals surface area (Å²) in [6.07, 6.45) is 10.0. The third kappa shape index (κ3) is 3.16. The fourth-order valence-corrected chi connectivity index (χ4v) is 11.3. The fraction of sp³-hybridized carbons (Fsp3) is 1.00. The Morgan fingerprint density at radius 3 is 2.12 bits per heavy atom. The van der Waals surface area contributed by atoms with Crippen molar-refractivity contribution < 1.29 is 20.1 Å². The molecule has 3 N–H and O–H groups in total. The van der Waals surface area contributed by atoms with Gasteiger partial charge in [-0.05, 0) is 123 Å². The van der Waals surface area contributed by atoms with E-state index in [0.29, 0.717) is 17.8 Å². The van der Waals surface area contributed by atoms with E-state index in [-0.39, 0.29) is 52.0 Å². The van der Waals surface area contributed by atoms with Crippen LogP contribution < -0.4 is 0 Å². The van der Waals surface area contributed by atoms with Crippen molar-refractivity contribution >= 4 is 0 Å². The zero-order chi connectivity index (χ0) is 24.9. The molecule has 0 amide bonds. The Labute approximate surface area is 208 Å². The lowest BCUT2D eigenvalue weighted by atomic mass is 9.35. The van der Waals surface area contributed by atoms with Crippen molar-refractivity contribution in [2.24, 2.45) is 45.3 Å². The van der Waals surface area contributed by atoms with Gasteiger partial charge in [-0.1, -0.05) is 34.6 Å². The summed E-state index contributed by atoms with van der Waals surface area (Å²) in [5, 5.41) is 32.9. The highest BCUT2D eigenvalue weighted by molar-refractivity contribution is 5.20. The van der Waals surface area contributed by atoms with Gasteiger partial charge < -0.3 is 20.1 Å². The number of aliphatic hydroxyl groups is 3. The number of hydrogen-bond acceptors (Lipinski definition) is 4. The highest BCUT2D eigenvalue weighted by Gasteiger charge is 2.71. The molecule has 196 valence electrons. The Kier molecular flexibility index (Phi) is 5.76. The summed E-state index contributed by atoms with van der Waals surface area (Å²) < 4.78 is 6.76. The van der Waals surface area contributed by atoms with Crippen molar-refractivity contribution in [3.8, 4) is 0 Å². The molecule has 0 bridgehead atoms. The molecule has 5 fully saturated rings. The molecule has 1 heterocycles. The molecule has 0 aromatic heterocycles. The first-order valence-corrected chi connectivity index (χ1v) is 14.3. The third-order valence-corrected chi connectivity index (χ3v) is 13.3. The third-order valence-electron chi connectivity index (χ3n) is 13.3. The van der Waals surface area contributed by atoms with Gasteiger partial charge in [0.2, 0.25) is 0 Å². The molecule has 1 aliphatic heterocycles. The van der Waals surface area contributed by atoms with Crippen LogP contribution in [0, 0.1) is 45.3 Å². The first-order chi connectivity index (χ1) is 15.7. The monoisotopic (exact) mass is 476 g/mol. The predicted molar refractivity (Wildman–Crippen MR) is 135 cm³/mol. The van der Waals surface area contributed by atoms with Gasteiger partial charge >= 0.3 is 0 Å². The van der Waals surface area contributed by atoms with Gasteiger partial charge in [-0.3, -0.25) is 0 Å². The lowest BCUT2D eigenvalue weighted by Crippen LogP contribution is -2.67. The number of hydrogen-bond donors (Lipinski definition) is 3. The molecule has 5 aliphatic rings. The maximum Gasteiger partial charge on any atom is 0.0891 e. The predicted octanol–water partition coefficient (Wildman–Crippen LogP) is 5.71. The van der Waals surface area contributed by atoms with Gasteiger partial charge in [0.15, 0.2) is 0 Å². The Morgan fingerprint density at radius 2 is 1.44 bits per heavy atom. The van der Waals surface area contributed by atoms with Gasteiger partial charge in [-0.25, -0.2) is 0 Å². The van der Waals surface area contributed by atoms with Crippen molar-refractivity contribution in [2.45, 2.75) is 136 Å². The van der Waals surface area contributed by atoms with Crippen LogP contribution in [-0.2, 0) is 4.74 Å². The van der Waals surface area contributed by atoms with Crippen molar-refractivity contribution in [3.63, 3.8) is 0 Å². The molecule has 4 heteroatoms. The molecule has 0 spiro atoms. The van der Waals surface area contributed by atoms with E-state index in [2.05, 4.69) is 48.5 Å². The van der Waals surface area contributed by atoms with E-state index in [1.165, 1.54) is 12.8 Å². The van der Waals surface area contributed by atoms with Crippen molar-refractivity contribution in [3.05, 3.63) is 0 Å². The molecule has 0 aromatic rings. The van der Waals surface area contributed by atoms with Crippen molar-refractivity contribution in [1.82, 2.24) is 0 Å². The Balaban J connectivity index is 1.50. The molecule has 3 unspecified atom stereocenters. The second-order valence-electron chi connectivity index (χ2n) is 15.2. The Hall–Kier alpha value is -0.160. The average molecular weight is 477 g/mol. The van der Waals surface area contributed by atoms with E-state index in [0.717, 1.165) is 51.4 Å². The molecule has 0 radical (unpaired) electrons. The van der Waals surface area contributed by atoms with Gasteiger partial charge in [0.1, 0.15) is 0 Å². The molecule has 11 atom stereocenters. The summed E-state index contributed by atoms with van der Waals surface area (Å²) in [5.41, 5.74) is -0.344. The van der Waals surface area contributed by atoms with Crippen LogP contribution in [0.3, 0.4) is 0 Å². The summed E-state index contributed by atoms with van der Waals surface area (Å²) in [7, 11) is 0. The molecular weight excluding hydrogens is 424 g/mol. The standard InChI is InChI=1S/C30H52O4/c1-25(2)21-10-16-28(5)22(27(21,4)14-11-23(25)33)17-20(32)24-19(9-15-29(24,28)6)30(7)13-8-12-26(3,18-31)34-30/h19-24,31-33H,8-18H2,1-7H3/t19-,20+,21?,22?,23-,24?,26+,27-,28+,29+,30-/m0/s1. The van der Waals surface area contributed by atoms with Crippen molar-refractivity contribution in [2.75, 3.05) is 6.61 Å². The van der Waals surface area contributed by atoms with Crippen LogP contribution in [0.4, 0.5) is 0 Å². The van der Waals surface area contributed by atoms with Crippen LogP contribution in [0.15, 0.2) is 0 Å². The summed E-state index contributed by atoms with van der Waals surface area (Å²) in [6, 6.07) is 0. The topological polar surface area (TPSA) is 69.9 Å². The highest BCUT2D eigenvalue weighted by Crippen LogP contribution is 2.76. The van der Waals surface area contributed by atoms with E-state index >= 15 is 0 Å². The fourth-order valence-electron chi connectivity index (χ4n) is 11.3. The lowest BCUT2D eigenvalue weighted by molar-refractivity contribution is -0.261. The lowest BCUT2D eigenvalue weighted by Gasteiger charge is -2.70. The van der Waals surface area contributed by atoms with Gasteiger partial charge in [-0.2, -0.15) is 0 Å². The van der Waals surface area contributed by atoms with E-state index in [9.17, 15) is 15.3 Å². The Morgan fingerprint density at radius 1 is 0.765 bits per heavy atom. The van der Waals surface area contributed by atoms with Gasteiger partial charge in [-0.15, -0.1) is 0 Å². The largest absolute Gasteiger partial charge is 0.393 e. The maximum absolute atomic E-state index is 11.9. The first-order valence-electron chi connectivity index (χ1n) is 14.3. The van der Waals surface area contributed by atoms with Crippen LogP contribution in [0.25, 0.3) is 0 Å². The van der Waals surface area contributed by atoms with Gasteiger partial charge in [0.25, 0.3) is 0 Å². The van der Waals surface area contributed by atoms with Crippen LogP contribution >= 0.6 is 0 Å². The van der Waals surface area contributed by atoms with Crippen LogP contribution in [-0.4, -0.2) is 45.3 Å². The number of aliphatic hydroxyl groups excluding tert-OH is 3. The van der Waals surface area contributed by atoms with Crippen LogP contribution in [0.1, 0.15) is 113 Å². The molecule has 0 aromatic carbocycles. The Bertz CT molecular complexity index is 812. The van der Waals surface area contributed by atoms with E-state index in [1.807, 2.05) is 0 Å². The maximum atomic E-state index is 11.9. The average Bonchev–Trinajstić information content (AvgIpc) is 3.14. The quantitative estimate of drug-likeness (QED) is 0.477. The first kappa shape index (κ1) is 25.5. The second kappa shape index (κ2) is 7.68. The molecule has 4 aliphatic carbocycles. The number of fused-ring (bicyclic) bond motifs is 5. The molecular formula is C30H52O4. The molecule has 4 saturated carbocycles. The van der Waals surface area contributed by atoms with E-state index < -0.39 is 5.60 Å². The molecule has 34 heavy (non-hydrogen) atoms. The SMILES string of the molecule is CC1(C)C2CC[C@]3(C)C(C[C@@H](O)C4[C@@H]([C@]5(C)CCC[C@](C)(CO)O5)CC[C@]43C)[C@@]2(C)CC[C@@H]1O. The van der Waals surface area contributed by atoms with E-state index in [1.54, 1.807) is 0 Å². The minimum atomic E-state index is -0.460. The molecule has 5 rings (SSSR count). The van der Waals surface area contributed by atoms with Crippen LogP contribution in [0.5, 0.6) is 0 Å². The normalized spacial score (nSPS) is 59.1. The van der Waals surface area contributed by atoms with Gasteiger partial charge in [0, 0.05) is 0 Å². The minimum Gasteiger partial charge on any atom is -0.393 e. The summed E-state index contributed by atoms with van der Waals surface area (Å²) in [6.45, 7) is 16.6. The zero-order valence-electron chi connectivity index (χ0n) is 23.0. The van der Waals surface area contributed by atoms with Crippen molar-refractivity contribution in [1.29, 1.82) is 0 Å². The van der Waals surface area contributed by atoms with Gasteiger partial charge in [0.05, 0.1) is 30.0 Å². The minimum absolute atomic E-state index is 0.0621. The smallest absolute Gasteiger partial charge is 0.0891 e. The second-order valence-corrected chi connectivity index (χ2v) is 15.2. The summed E-state index contributed by atoms with van der Waals surface area (Å²) in [4.78, 5) is 0. The highest BCUT2D eigenvalue weighted by atomic mass is 16.5. The zero-order valence-corrected chi connectivity index (χ0v) is 23.0. The van der Waals surface area contributed by atoms with Crippen LogP contribution in [0.2, 0.25) is 0 Å². The summed E-state index contributed by atoms with van der Waals surface area (Å²) in [5.74, 6) is 1.59. The summed E-state index contributed by atoms with van der Waals surface area (Å²) >= 11 is 0. The molecule has 4 nitrogen and oxygen atoms in total.